The molecular formula is C25H27N5O2. The fourth-order valence-electron chi connectivity index (χ4n) is 4.21. The number of nitrogens with one attached hydrogen (secondary N) is 1. The van der Waals surface area contributed by atoms with Gasteiger partial charge < -0.3 is 15.0 Å². The van der Waals surface area contributed by atoms with Crippen molar-refractivity contribution in [2.75, 3.05) is 25.5 Å². The summed E-state index contributed by atoms with van der Waals surface area (Å²) in [5.74, 6) is 1.81. The molecule has 0 radical (unpaired) electrons. The largest absolute Gasteiger partial charge is 0.497 e. The van der Waals surface area contributed by atoms with Gasteiger partial charge in [-0.15, -0.1) is 0 Å². The smallest absolute Gasteiger partial charge is 0.253 e. The van der Waals surface area contributed by atoms with Gasteiger partial charge in [0.2, 0.25) is 5.95 Å². The highest BCUT2D eigenvalue weighted by atomic mass is 16.5. The zero-order chi connectivity index (χ0) is 21.9. The summed E-state index contributed by atoms with van der Waals surface area (Å²) in [5, 5.41) is 3.42. The van der Waals surface area contributed by atoms with Crippen LogP contribution in [0.4, 0.5) is 5.95 Å². The lowest BCUT2D eigenvalue weighted by Gasteiger charge is -2.32. The maximum Gasteiger partial charge on any atom is 0.253 e. The molecule has 1 saturated heterocycles. The Morgan fingerprint density at radius 3 is 2.41 bits per heavy atom. The van der Waals surface area contributed by atoms with Gasteiger partial charge in [-0.3, -0.25) is 9.78 Å². The third-order valence-corrected chi connectivity index (χ3v) is 6.23. The molecular weight excluding hydrogens is 402 g/mol. The highest BCUT2D eigenvalue weighted by Gasteiger charge is 2.29. The predicted molar refractivity (Wildman–Crippen MR) is 123 cm³/mol. The minimum atomic E-state index is 0.0687. The van der Waals surface area contributed by atoms with Crippen LogP contribution in [0.5, 0.6) is 5.75 Å². The summed E-state index contributed by atoms with van der Waals surface area (Å²) in [6, 6.07) is 11.8. The summed E-state index contributed by atoms with van der Waals surface area (Å²) in [5.41, 5.74) is 3.88. The van der Waals surface area contributed by atoms with E-state index >= 15 is 0 Å². The van der Waals surface area contributed by atoms with E-state index in [4.69, 9.17) is 9.72 Å². The van der Waals surface area contributed by atoms with E-state index in [0.717, 1.165) is 35.4 Å². The van der Waals surface area contributed by atoms with Gasteiger partial charge >= 0.3 is 0 Å². The van der Waals surface area contributed by atoms with Gasteiger partial charge in [0.15, 0.2) is 0 Å². The minimum absolute atomic E-state index is 0.0687. The first-order valence-corrected chi connectivity index (χ1v) is 11.2. The van der Waals surface area contributed by atoms with E-state index in [9.17, 15) is 4.79 Å². The molecule has 1 aliphatic carbocycles. The molecule has 1 aromatic carbocycles. The summed E-state index contributed by atoms with van der Waals surface area (Å²) < 4.78 is 5.20. The van der Waals surface area contributed by atoms with Crippen molar-refractivity contribution < 1.29 is 9.53 Å². The molecule has 0 unspecified atom stereocenters. The molecule has 2 fully saturated rings. The van der Waals surface area contributed by atoms with Crippen molar-refractivity contribution in [2.24, 2.45) is 0 Å². The molecule has 32 heavy (non-hydrogen) atoms. The van der Waals surface area contributed by atoms with Gasteiger partial charge in [0, 0.05) is 54.8 Å². The van der Waals surface area contributed by atoms with E-state index in [-0.39, 0.29) is 11.8 Å². The third kappa shape index (κ3) is 4.42. The molecule has 0 atom stereocenters. The second-order valence-electron chi connectivity index (χ2n) is 8.44. The van der Waals surface area contributed by atoms with Crippen LogP contribution in [0.3, 0.4) is 0 Å². The van der Waals surface area contributed by atoms with Gasteiger partial charge in [-0.25, -0.2) is 9.97 Å². The molecule has 1 amide bonds. The molecule has 7 nitrogen and oxygen atoms in total. The first-order valence-electron chi connectivity index (χ1n) is 11.2. The Morgan fingerprint density at radius 2 is 1.75 bits per heavy atom. The highest BCUT2D eigenvalue weighted by Crippen LogP contribution is 2.35. The van der Waals surface area contributed by atoms with E-state index < -0.39 is 0 Å². The monoisotopic (exact) mass is 429 g/mol. The van der Waals surface area contributed by atoms with Crippen molar-refractivity contribution in [3.8, 4) is 16.9 Å². The molecule has 1 saturated carbocycles. The lowest BCUT2D eigenvalue weighted by Crippen LogP contribution is -2.38. The van der Waals surface area contributed by atoms with Crippen molar-refractivity contribution in [3.05, 3.63) is 66.2 Å². The molecule has 1 aliphatic heterocycles. The minimum Gasteiger partial charge on any atom is -0.497 e. The fraction of sp³-hybridized carbons (Fsp3) is 0.360. The van der Waals surface area contributed by atoms with E-state index in [0.29, 0.717) is 30.6 Å². The third-order valence-electron chi connectivity index (χ3n) is 6.23. The van der Waals surface area contributed by atoms with Crippen LogP contribution in [0.1, 0.15) is 47.7 Å². The Bertz CT molecular complexity index is 1080. The summed E-state index contributed by atoms with van der Waals surface area (Å²) in [4.78, 5) is 28.5. The van der Waals surface area contributed by atoms with E-state index in [1.807, 2.05) is 47.5 Å². The van der Waals surface area contributed by atoms with Gasteiger partial charge in [-0.1, -0.05) is 0 Å². The second kappa shape index (κ2) is 8.94. The number of anilines is 1. The van der Waals surface area contributed by atoms with Crippen LogP contribution in [0.25, 0.3) is 11.1 Å². The standard InChI is InChI=1S/C25H27N5O2/c1-32-21-6-2-19(3-7-21)24(31)30-14-10-18(11-15-30)23-22(17-8-12-26-13-9-17)16-27-25(29-23)28-20-4-5-20/h2-3,6-9,12-13,16,18,20H,4-5,10-11,14-15H2,1H3,(H,27,28,29). The van der Waals surface area contributed by atoms with Gasteiger partial charge in [-0.2, -0.15) is 0 Å². The zero-order valence-corrected chi connectivity index (χ0v) is 18.2. The zero-order valence-electron chi connectivity index (χ0n) is 18.2. The Morgan fingerprint density at radius 1 is 1.03 bits per heavy atom. The molecule has 3 heterocycles. The number of piperidine rings is 1. The number of benzene rings is 1. The molecule has 164 valence electrons. The number of aromatic nitrogens is 3. The maximum atomic E-state index is 13.0. The number of likely N-dealkylation sites (tertiary alicyclic amines) is 1. The van der Waals surface area contributed by atoms with Gasteiger partial charge in [0.1, 0.15) is 5.75 Å². The van der Waals surface area contributed by atoms with Crippen molar-refractivity contribution in [3.63, 3.8) is 0 Å². The number of hydrogen-bond donors (Lipinski definition) is 1. The van der Waals surface area contributed by atoms with Crippen LogP contribution >= 0.6 is 0 Å². The first kappa shape index (κ1) is 20.4. The maximum absolute atomic E-state index is 13.0. The summed E-state index contributed by atoms with van der Waals surface area (Å²) in [6.07, 6.45) is 9.63. The average Bonchev–Trinajstić information content (AvgIpc) is 3.68. The quantitative estimate of drug-likeness (QED) is 0.634. The van der Waals surface area contributed by atoms with Crippen LogP contribution in [0, 0.1) is 0 Å². The van der Waals surface area contributed by atoms with Crippen LogP contribution < -0.4 is 10.1 Å². The van der Waals surface area contributed by atoms with E-state index in [1.54, 1.807) is 19.5 Å². The van der Waals surface area contributed by atoms with Gasteiger partial charge in [0.05, 0.1) is 12.8 Å². The predicted octanol–water partition coefficient (Wildman–Crippen LogP) is 4.14. The summed E-state index contributed by atoms with van der Waals surface area (Å²) >= 11 is 0. The molecule has 7 heteroatoms. The number of rotatable bonds is 6. The van der Waals surface area contributed by atoms with Crippen molar-refractivity contribution in [2.45, 2.75) is 37.6 Å². The van der Waals surface area contributed by atoms with Crippen molar-refractivity contribution in [1.82, 2.24) is 19.9 Å². The van der Waals surface area contributed by atoms with Crippen LogP contribution in [-0.4, -0.2) is 52.0 Å². The molecule has 1 N–H and O–H groups in total. The average molecular weight is 430 g/mol. The molecule has 0 bridgehead atoms. The number of carbonyl (C=O) groups excluding carboxylic acids is 1. The van der Waals surface area contributed by atoms with Crippen molar-refractivity contribution in [1.29, 1.82) is 0 Å². The van der Waals surface area contributed by atoms with Crippen LogP contribution in [0.15, 0.2) is 55.0 Å². The molecule has 2 aromatic heterocycles. The topological polar surface area (TPSA) is 80.2 Å². The normalized spacial score (nSPS) is 16.6. The number of carbonyl (C=O) groups is 1. The Labute approximate surface area is 187 Å². The second-order valence-corrected chi connectivity index (χ2v) is 8.44. The first-order chi connectivity index (χ1) is 15.7. The number of nitrogens with zero attached hydrogens (tertiary/aromatic N) is 4. The number of ether oxygens (including phenoxy) is 1. The Hall–Kier alpha value is -3.48. The van der Waals surface area contributed by atoms with Crippen LogP contribution in [0.2, 0.25) is 0 Å². The highest BCUT2D eigenvalue weighted by molar-refractivity contribution is 5.94. The number of pyridine rings is 1. The van der Waals surface area contributed by atoms with Crippen molar-refractivity contribution >= 4 is 11.9 Å². The fourth-order valence-corrected chi connectivity index (χ4v) is 4.21. The molecule has 2 aliphatic rings. The van der Waals surface area contributed by atoms with Gasteiger partial charge in [0.25, 0.3) is 5.91 Å². The number of hydrogen-bond acceptors (Lipinski definition) is 6. The summed E-state index contributed by atoms with van der Waals surface area (Å²) in [6.45, 7) is 1.42. The Kier molecular flexibility index (Phi) is 5.71. The number of amides is 1. The molecule has 3 aromatic rings. The summed E-state index contributed by atoms with van der Waals surface area (Å²) in [7, 11) is 1.63. The van der Waals surface area contributed by atoms with Gasteiger partial charge in [-0.05, 0) is 67.6 Å². The lowest BCUT2D eigenvalue weighted by atomic mass is 9.89. The van der Waals surface area contributed by atoms with E-state index in [1.165, 1.54) is 12.8 Å². The van der Waals surface area contributed by atoms with E-state index in [2.05, 4.69) is 15.3 Å². The molecule has 0 spiro atoms. The number of methoxy groups -OCH3 is 1. The van der Waals surface area contributed by atoms with Crippen LogP contribution in [-0.2, 0) is 0 Å². The molecule has 5 rings (SSSR count). The Balaban J connectivity index is 1.34. The SMILES string of the molecule is COc1ccc(C(=O)N2CCC(c3nc(NC4CC4)ncc3-c3ccncc3)CC2)cc1. The lowest BCUT2D eigenvalue weighted by molar-refractivity contribution is 0.0712.